The first-order valence-electron chi connectivity index (χ1n) is 6.04. The van der Waals surface area contributed by atoms with Crippen molar-refractivity contribution in [1.29, 1.82) is 0 Å². The highest BCUT2D eigenvalue weighted by molar-refractivity contribution is 6.31. The summed E-state index contributed by atoms with van der Waals surface area (Å²) in [5.41, 5.74) is 1.77. The van der Waals surface area contributed by atoms with Crippen LogP contribution in [0.4, 0.5) is 0 Å². The number of nitrogens with zero attached hydrogens (tertiary/aromatic N) is 3. The second-order valence-electron chi connectivity index (χ2n) is 4.04. The summed E-state index contributed by atoms with van der Waals surface area (Å²) in [6, 6.07) is 0. The first-order valence-corrected chi connectivity index (χ1v) is 6.42. The lowest BCUT2D eigenvalue weighted by Crippen LogP contribution is -2.31. The van der Waals surface area contributed by atoms with Crippen LogP contribution in [-0.2, 0) is 22.6 Å². The molecule has 1 heterocycles. The van der Waals surface area contributed by atoms with Crippen molar-refractivity contribution in [2.24, 2.45) is 0 Å². The Bertz CT molecular complexity index is 418. The molecule has 0 aliphatic carbocycles. The summed E-state index contributed by atoms with van der Waals surface area (Å²) >= 11 is 6.24. The predicted octanol–water partition coefficient (Wildman–Crippen LogP) is 1.86. The Balaban J connectivity index is 2.84. The molecule has 0 radical (unpaired) electrons. The number of esters is 1. The molecule has 1 rings (SSSR count). The van der Waals surface area contributed by atoms with Crippen LogP contribution in [0.1, 0.15) is 25.2 Å². The molecular formula is C12H20ClN3O2. The molecule has 0 N–H and O–H groups in total. The van der Waals surface area contributed by atoms with Crippen molar-refractivity contribution in [2.75, 3.05) is 20.2 Å². The Morgan fingerprint density at radius 1 is 1.50 bits per heavy atom. The Kier molecular flexibility index (Phi) is 5.62. The van der Waals surface area contributed by atoms with E-state index in [2.05, 4.69) is 9.84 Å². The minimum atomic E-state index is -0.243. The van der Waals surface area contributed by atoms with Gasteiger partial charge in [-0.05, 0) is 20.4 Å². The molecule has 0 aliphatic heterocycles. The normalized spacial score (nSPS) is 11.0. The highest BCUT2D eigenvalue weighted by Crippen LogP contribution is 2.21. The van der Waals surface area contributed by atoms with Crippen molar-refractivity contribution in [3.05, 3.63) is 16.4 Å². The smallest absolute Gasteiger partial charge is 0.319 e. The summed E-state index contributed by atoms with van der Waals surface area (Å²) in [6.07, 6.45) is 0. The maximum Gasteiger partial charge on any atom is 0.319 e. The van der Waals surface area contributed by atoms with E-state index in [0.717, 1.165) is 24.5 Å². The minimum Gasteiger partial charge on any atom is -0.468 e. The van der Waals surface area contributed by atoms with E-state index < -0.39 is 0 Å². The molecule has 0 spiro atoms. The van der Waals surface area contributed by atoms with E-state index >= 15 is 0 Å². The summed E-state index contributed by atoms with van der Waals surface area (Å²) in [4.78, 5) is 13.3. The molecule has 1 aromatic heterocycles. The number of hydrogen-bond donors (Lipinski definition) is 0. The zero-order valence-electron chi connectivity index (χ0n) is 11.4. The Hall–Kier alpha value is -1.07. The molecule has 0 aromatic carbocycles. The topological polar surface area (TPSA) is 47.4 Å². The van der Waals surface area contributed by atoms with Crippen LogP contribution in [0.25, 0.3) is 0 Å². The number of hydrogen-bond acceptors (Lipinski definition) is 4. The molecule has 0 atom stereocenters. The first-order chi connectivity index (χ1) is 8.53. The van der Waals surface area contributed by atoms with E-state index in [-0.39, 0.29) is 12.5 Å². The lowest BCUT2D eigenvalue weighted by molar-refractivity contribution is -0.142. The maximum absolute atomic E-state index is 11.3. The van der Waals surface area contributed by atoms with Crippen molar-refractivity contribution >= 4 is 17.6 Å². The second-order valence-corrected chi connectivity index (χ2v) is 4.42. The summed E-state index contributed by atoms with van der Waals surface area (Å²) in [5.74, 6) is -0.243. The molecule has 0 amide bonds. The Morgan fingerprint density at radius 3 is 2.67 bits per heavy atom. The SMILES string of the molecule is CCN(CC(=O)OC)Cc1c(Cl)c(C)nn1CC. The summed E-state index contributed by atoms with van der Waals surface area (Å²) in [5, 5.41) is 5.04. The van der Waals surface area contributed by atoms with Gasteiger partial charge in [-0.1, -0.05) is 18.5 Å². The molecule has 1 aromatic rings. The number of ether oxygens (including phenoxy) is 1. The van der Waals surface area contributed by atoms with Crippen molar-refractivity contribution < 1.29 is 9.53 Å². The number of likely N-dealkylation sites (N-methyl/N-ethyl adjacent to an activating group) is 1. The third kappa shape index (κ3) is 3.46. The molecule has 6 heteroatoms. The molecule has 0 saturated heterocycles. The van der Waals surface area contributed by atoms with E-state index in [1.165, 1.54) is 7.11 Å². The van der Waals surface area contributed by atoms with Crippen LogP contribution >= 0.6 is 11.6 Å². The standard InChI is InChI=1S/C12H20ClN3O2/c1-5-15(8-11(17)18-4)7-10-12(13)9(3)14-16(10)6-2/h5-8H2,1-4H3. The fraction of sp³-hybridized carbons (Fsp3) is 0.667. The average Bonchev–Trinajstić information content (AvgIpc) is 2.65. The third-order valence-corrected chi connectivity index (χ3v) is 3.35. The maximum atomic E-state index is 11.3. The van der Waals surface area contributed by atoms with Crippen molar-refractivity contribution in [3.8, 4) is 0 Å². The summed E-state index contributed by atoms with van der Waals surface area (Å²) in [7, 11) is 1.39. The summed E-state index contributed by atoms with van der Waals surface area (Å²) in [6.45, 7) is 8.27. The zero-order valence-corrected chi connectivity index (χ0v) is 12.1. The lowest BCUT2D eigenvalue weighted by atomic mass is 10.3. The molecule has 0 bridgehead atoms. The number of carbonyl (C=O) groups is 1. The number of halogens is 1. The lowest BCUT2D eigenvalue weighted by Gasteiger charge is -2.19. The molecule has 102 valence electrons. The van der Waals surface area contributed by atoms with Gasteiger partial charge in [-0.15, -0.1) is 0 Å². The van der Waals surface area contributed by atoms with E-state index in [1.807, 2.05) is 30.4 Å². The number of carbonyl (C=O) groups excluding carboxylic acids is 1. The monoisotopic (exact) mass is 273 g/mol. The fourth-order valence-electron chi connectivity index (χ4n) is 1.76. The highest BCUT2D eigenvalue weighted by Gasteiger charge is 2.17. The first kappa shape index (κ1) is 15.0. The van der Waals surface area contributed by atoms with Gasteiger partial charge in [0.1, 0.15) is 0 Å². The van der Waals surface area contributed by atoms with E-state index in [0.29, 0.717) is 11.6 Å². The Labute approximate surface area is 113 Å². The van der Waals surface area contributed by atoms with Crippen LogP contribution in [0.2, 0.25) is 5.02 Å². The number of methoxy groups -OCH3 is 1. The molecule has 0 unspecified atom stereocenters. The number of aromatic nitrogens is 2. The average molecular weight is 274 g/mol. The van der Waals surface area contributed by atoms with Crippen LogP contribution in [0.5, 0.6) is 0 Å². The predicted molar refractivity (Wildman–Crippen MR) is 70.6 cm³/mol. The van der Waals surface area contributed by atoms with E-state index in [1.54, 1.807) is 0 Å². The van der Waals surface area contributed by atoms with Gasteiger partial charge in [0.25, 0.3) is 0 Å². The summed E-state index contributed by atoms with van der Waals surface area (Å²) < 4.78 is 6.55. The van der Waals surface area contributed by atoms with Gasteiger partial charge in [0.2, 0.25) is 0 Å². The molecule has 0 aliphatic rings. The van der Waals surface area contributed by atoms with Crippen LogP contribution in [-0.4, -0.2) is 40.8 Å². The van der Waals surface area contributed by atoms with Crippen LogP contribution in [0.3, 0.4) is 0 Å². The number of rotatable bonds is 6. The quantitative estimate of drug-likeness (QED) is 0.743. The van der Waals surface area contributed by atoms with Gasteiger partial charge in [0, 0.05) is 13.1 Å². The van der Waals surface area contributed by atoms with Gasteiger partial charge in [0.15, 0.2) is 0 Å². The van der Waals surface area contributed by atoms with E-state index in [4.69, 9.17) is 11.6 Å². The molecule has 5 nitrogen and oxygen atoms in total. The van der Waals surface area contributed by atoms with Gasteiger partial charge in [-0.2, -0.15) is 5.10 Å². The van der Waals surface area contributed by atoms with Gasteiger partial charge in [-0.3, -0.25) is 14.4 Å². The van der Waals surface area contributed by atoms with Gasteiger partial charge >= 0.3 is 5.97 Å². The number of aryl methyl sites for hydroxylation is 2. The molecule has 18 heavy (non-hydrogen) atoms. The highest BCUT2D eigenvalue weighted by atomic mass is 35.5. The van der Waals surface area contributed by atoms with Gasteiger partial charge in [-0.25, -0.2) is 0 Å². The largest absolute Gasteiger partial charge is 0.468 e. The Morgan fingerprint density at radius 2 is 2.17 bits per heavy atom. The van der Waals surface area contributed by atoms with Crippen LogP contribution in [0.15, 0.2) is 0 Å². The van der Waals surface area contributed by atoms with Gasteiger partial charge < -0.3 is 4.74 Å². The van der Waals surface area contributed by atoms with Crippen molar-refractivity contribution in [3.63, 3.8) is 0 Å². The van der Waals surface area contributed by atoms with Crippen LogP contribution in [0, 0.1) is 6.92 Å². The second kappa shape index (κ2) is 6.75. The van der Waals surface area contributed by atoms with Gasteiger partial charge in [0.05, 0.1) is 30.1 Å². The molecule has 0 saturated carbocycles. The van der Waals surface area contributed by atoms with Crippen molar-refractivity contribution in [1.82, 2.24) is 14.7 Å². The fourth-order valence-corrected chi connectivity index (χ4v) is 1.95. The van der Waals surface area contributed by atoms with E-state index in [9.17, 15) is 4.79 Å². The minimum absolute atomic E-state index is 0.243. The molecular weight excluding hydrogens is 254 g/mol. The zero-order chi connectivity index (χ0) is 13.7. The van der Waals surface area contributed by atoms with Crippen LogP contribution < -0.4 is 0 Å². The third-order valence-electron chi connectivity index (χ3n) is 2.85. The van der Waals surface area contributed by atoms with Crippen molar-refractivity contribution in [2.45, 2.75) is 33.9 Å². The molecule has 0 fully saturated rings.